The number of hydrogen-bond donors (Lipinski definition) is 1. The van der Waals surface area contributed by atoms with Gasteiger partial charge in [-0.05, 0) is 44.0 Å². The van der Waals surface area contributed by atoms with Crippen LogP contribution in [0.2, 0.25) is 0 Å². The first-order chi connectivity index (χ1) is 9.36. The summed E-state index contributed by atoms with van der Waals surface area (Å²) in [5.74, 6) is 0.464. The number of aryl methyl sites for hydroxylation is 2. The lowest BCUT2D eigenvalue weighted by Crippen LogP contribution is -2.05. The third-order valence-corrected chi connectivity index (χ3v) is 3.49. The molecular formula is C16H18O4. The summed E-state index contributed by atoms with van der Waals surface area (Å²) in [5, 5.41) is 11.6. The maximum absolute atomic E-state index is 11.3. The van der Waals surface area contributed by atoms with Crippen LogP contribution in [0.1, 0.15) is 23.6 Å². The molecule has 0 fully saturated rings. The Hall–Kier alpha value is -2.23. The van der Waals surface area contributed by atoms with Gasteiger partial charge in [0.2, 0.25) is 0 Å². The number of benzene rings is 2. The lowest BCUT2D eigenvalue weighted by atomic mass is 9.98. The van der Waals surface area contributed by atoms with Crippen molar-refractivity contribution < 1.29 is 19.4 Å². The van der Waals surface area contributed by atoms with Crippen LogP contribution in [0.3, 0.4) is 0 Å². The van der Waals surface area contributed by atoms with Gasteiger partial charge < -0.3 is 14.6 Å². The maximum Gasteiger partial charge on any atom is 0.308 e. The molecule has 0 aliphatic heterocycles. The van der Waals surface area contributed by atoms with E-state index >= 15 is 0 Å². The third kappa shape index (κ3) is 2.18. The first-order valence-electron chi connectivity index (χ1n) is 6.35. The van der Waals surface area contributed by atoms with Crippen molar-refractivity contribution in [3.63, 3.8) is 0 Å². The number of rotatable bonds is 2. The normalized spacial score (nSPS) is 10.7. The summed E-state index contributed by atoms with van der Waals surface area (Å²) >= 11 is 0. The van der Waals surface area contributed by atoms with Crippen LogP contribution in [0.5, 0.6) is 17.2 Å². The molecule has 0 radical (unpaired) electrons. The maximum atomic E-state index is 11.3. The Morgan fingerprint density at radius 2 is 1.60 bits per heavy atom. The van der Waals surface area contributed by atoms with E-state index in [-0.39, 0.29) is 5.75 Å². The van der Waals surface area contributed by atoms with Crippen LogP contribution in [-0.2, 0) is 4.79 Å². The number of esters is 1. The van der Waals surface area contributed by atoms with E-state index in [1.54, 1.807) is 6.92 Å². The van der Waals surface area contributed by atoms with E-state index in [4.69, 9.17) is 9.47 Å². The minimum absolute atomic E-state index is 0.149. The lowest BCUT2D eigenvalue weighted by molar-refractivity contribution is -0.131. The number of fused-ring (bicyclic) bond motifs is 1. The van der Waals surface area contributed by atoms with E-state index in [1.165, 1.54) is 14.0 Å². The van der Waals surface area contributed by atoms with Crippen molar-refractivity contribution >= 4 is 16.7 Å². The Labute approximate surface area is 117 Å². The van der Waals surface area contributed by atoms with Gasteiger partial charge in [-0.1, -0.05) is 0 Å². The quantitative estimate of drug-likeness (QED) is 0.673. The predicted molar refractivity (Wildman–Crippen MR) is 77.7 cm³/mol. The van der Waals surface area contributed by atoms with Crippen molar-refractivity contribution in [2.45, 2.75) is 27.7 Å². The van der Waals surface area contributed by atoms with Crippen LogP contribution in [0.4, 0.5) is 0 Å². The molecule has 0 unspecified atom stereocenters. The summed E-state index contributed by atoms with van der Waals surface area (Å²) in [6.45, 7) is 7.01. The highest BCUT2D eigenvalue weighted by Crippen LogP contribution is 2.45. The van der Waals surface area contributed by atoms with E-state index in [0.717, 1.165) is 11.1 Å². The monoisotopic (exact) mass is 274 g/mol. The lowest BCUT2D eigenvalue weighted by Gasteiger charge is -2.17. The first-order valence-corrected chi connectivity index (χ1v) is 6.35. The highest BCUT2D eigenvalue weighted by Gasteiger charge is 2.20. The van der Waals surface area contributed by atoms with Gasteiger partial charge in [0, 0.05) is 23.3 Å². The average Bonchev–Trinajstić information content (AvgIpc) is 2.38. The molecule has 106 valence electrons. The van der Waals surface area contributed by atoms with Gasteiger partial charge in [0.15, 0.2) is 11.5 Å². The Balaban J connectivity index is 2.94. The number of methoxy groups -OCH3 is 1. The SMILES string of the molecule is COc1c(C)c(O)c2cc(C)c(C)cc2c1OC(C)=O. The summed E-state index contributed by atoms with van der Waals surface area (Å²) in [6.07, 6.45) is 0. The number of phenols is 1. The molecule has 4 heteroatoms. The van der Waals surface area contributed by atoms with E-state index in [9.17, 15) is 9.90 Å². The summed E-state index contributed by atoms with van der Waals surface area (Å²) in [5.41, 5.74) is 2.67. The van der Waals surface area contributed by atoms with Gasteiger partial charge in [-0.3, -0.25) is 4.79 Å². The van der Waals surface area contributed by atoms with Crippen molar-refractivity contribution in [1.29, 1.82) is 0 Å². The Morgan fingerprint density at radius 3 is 2.10 bits per heavy atom. The Kier molecular flexibility index (Phi) is 3.57. The minimum atomic E-state index is -0.423. The van der Waals surface area contributed by atoms with Crippen molar-refractivity contribution in [2.75, 3.05) is 7.11 Å². The van der Waals surface area contributed by atoms with Gasteiger partial charge in [-0.25, -0.2) is 0 Å². The Bertz CT molecular complexity index is 702. The van der Waals surface area contributed by atoms with Gasteiger partial charge >= 0.3 is 5.97 Å². The van der Waals surface area contributed by atoms with Gasteiger partial charge in [0.25, 0.3) is 0 Å². The van der Waals surface area contributed by atoms with Gasteiger partial charge in [0.1, 0.15) is 5.75 Å². The zero-order chi connectivity index (χ0) is 15.0. The van der Waals surface area contributed by atoms with Crippen molar-refractivity contribution in [3.05, 3.63) is 28.8 Å². The summed E-state index contributed by atoms with van der Waals surface area (Å²) < 4.78 is 10.6. The van der Waals surface area contributed by atoms with E-state index < -0.39 is 5.97 Å². The topological polar surface area (TPSA) is 55.8 Å². The fourth-order valence-electron chi connectivity index (χ4n) is 2.29. The highest BCUT2D eigenvalue weighted by atomic mass is 16.6. The number of phenolic OH excluding ortho intramolecular Hbond substituents is 1. The molecule has 0 amide bonds. The molecule has 1 N–H and O–H groups in total. The van der Waals surface area contributed by atoms with Crippen LogP contribution < -0.4 is 9.47 Å². The molecular weight excluding hydrogens is 256 g/mol. The molecule has 0 bridgehead atoms. The fraction of sp³-hybridized carbons (Fsp3) is 0.312. The molecule has 0 atom stereocenters. The second-order valence-electron chi connectivity index (χ2n) is 4.91. The fourth-order valence-corrected chi connectivity index (χ4v) is 2.29. The highest BCUT2D eigenvalue weighted by molar-refractivity contribution is 5.99. The zero-order valence-electron chi connectivity index (χ0n) is 12.3. The Morgan fingerprint density at radius 1 is 1.05 bits per heavy atom. The summed E-state index contributed by atoms with van der Waals surface area (Å²) in [4.78, 5) is 11.3. The molecule has 2 aromatic carbocycles. The standard InChI is InChI=1S/C16H18O4/c1-8-6-12-13(7-9(8)2)16(20-11(4)17)15(19-5)10(3)14(12)18/h6-7,18H,1-5H3. The number of carbonyl (C=O) groups is 1. The molecule has 0 heterocycles. The number of aromatic hydroxyl groups is 1. The second-order valence-corrected chi connectivity index (χ2v) is 4.91. The van der Waals surface area contributed by atoms with E-state index in [1.807, 2.05) is 26.0 Å². The largest absolute Gasteiger partial charge is 0.507 e. The molecule has 0 aromatic heterocycles. The first kappa shape index (κ1) is 14.2. The molecule has 2 rings (SSSR count). The minimum Gasteiger partial charge on any atom is -0.507 e. The van der Waals surface area contributed by atoms with E-state index in [2.05, 4.69) is 0 Å². The van der Waals surface area contributed by atoms with Crippen molar-refractivity contribution in [1.82, 2.24) is 0 Å². The third-order valence-electron chi connectivity index (χ3n) is 3.49. The van der Waals surface area contributed by atoms with Crippen LogP contribution >= 0.6 is 0 Å². The number of ether oxygens (including phenoxy) is 2. The number of hydrogen-bond acceptors (Lipinski definition) is 4. The molecule has 0 saturated carbocycles. The molecule has 20 heavy (non-hydrogen) atoms. The van der Waals surface area contributed by atoms with Crippen LogP contribution in [0, 0.1) is 20.8 Å². The molecule has 4 nitrogen and oxygen atoms in total. The zero-order valence-corrected chi connectivity index (χ0v) is 12.3. The molecule has 0 spiro atoms. The molecule has 0 aliphatic carbocycles. The van der Waals surface area contributed by atoms with Gasteiger partial charge in [-0.2, -0.15) is 0 Å². The van der Waals surface area contributed by atoms with Crippen LogP contribution in [0.15, 0.2) is 12.1 Å². The second kappa shape index (κ2) is 5.04. The smallest absolute Gasteiger partial charge is 0.308 e. The van der Waals surface area contributed by atoms with E-state index in [0.29, 0.717) is 27.8 Å². The van der Waals surface area contributed by atoms with Crippen molar-refractivity contribution in [3.8, 4) is 17.2 Å². The van der Waals surface area contributed by atoms with Gasteiger partial charge in [0.05, 0.1) is 7.11 Å². The summed E-state index contributed by atoms with van der Waals surface area (Å²) in [6, 6.07) is 3.78. The summed E-state index contributed by atoms with van der Waals surface area (Å²) in [7, 11) is 1.49. The predicted octanol–water partition coefficient (Wildman–Crippen LogP) is 3.40. The average molecular weight is 274 g/mol. The molecule has 0 aliphatic rings. The van der Waals surface area contributed by atoms with Gasteiger partial charge in [-0.15, -0.1) is 0 Å². The molecule has 2 aromatic rings. The molecule has 0 saturated heterocycles. The van der Waals surface area contributed by atoms with Crippen LogP contribution in [-0.4, -0.2) is 18.2 Å². The number of carbonyl (C=O) groups excluding carboxylic acids is 1. The van der Waals surface area contributed by atoms with Crippen molar-refractivity contribution in [2.24, 2.45) is 0 Å². The van der Waals surface area contributed by atoms with Crippen LogP contribution in [0.25, 0.3) is 10.8 Å².